The monoisotopic (exact) mass is 347 g/mol. The van der Waals surface area contributed by atoms with Crippen molar-refractivity contribution >= 4 is 11.8 Å². The minimum Gasteiger partial charge on any atom is -0.497 e. The molecule has 24 heavy (non-hydrogen) atoms. The number of hydrogen-bond donors (Lipinski definition) is 2. The van der Waals surface area contributed by atoms with Crippen molar-refractivity contribution in [2.24, 2.45) is 5.73 Å². The predicted octanol–water partition coefficient (Wildman–Crippen LogP) is 3.02. The van der Waals surface area contributed by atoms with Crippen LogP contribution in [-0.2, 0) is 5.60 Å². The van der Waals surface area contributed by atoms with E-state index in [9.17, 15) is 5.11 Å². The van der Waals surface area contributed by atoms with Crippen LogP contribution in [0, 0.1) is 0 Å². The molecule has 4 nitrogen and oxygen atoms in total. The van der Waals surface area contributed by atoms with Gasteiger partial charge in [0.15, 0.2) is 0 Å². The summed E-state index contributed by atoms with van der Waals surface area (Å²) in [6, 6.07) is 14.4. The van der Waals surface area contributed by atoms with E-state index in [1.54, 1.807) is 26.0 Å². The summed E-state index contributed by atoms with van der Waals surface area (Å²) in [5, 5.41) is 11.6. The average Bonchev–Trinajstić information content (AvgIpc) is 2.65. The van der Waals surface area contributed by atoms with Crippen LogP contribution in [0.2, 0.25) is 0 Å². The maximum absolute atomic E-state index is 11.6. The molecule has 0 heterocycles. The van der Waals surface area contributed by atoms with E-state index in [2.05, 4.69) is 0 Å². The second-order valence-electron chi connectivity index (χ2n) is 5.61. The number of aliphatic hydroxyl groups is 1. The molecule has 0 aliphatic carbocycles. The first-order chi connectivity index (χ1) is 11.6. The molecular weight excluding hydrogens is 322 g/mol. The van der Waals surface area contributed by atoms with Crippen molar-refractivity contribution in [2.75, 3.05) is 26.2 Å². The van der Waals surface area contributed by atoms with Crippen LogP contribution in [0.15, 0.2) is 48.5 Å². The van der Waals surface area contributed by atoms with Crippen molar-refractivity contribution in [2.45, 2.75) is 18.1 Å². The minimum atomic E-state index is -1.27. The van der Waals surface area contributed by atoms with Crippen LogP contribution in [0.1, 0.15) is 17.5 Å². The predicted molar refractivity (Wildman–Crippen MR) is 100.0 cm³/mol. The molecule has 0 radical (unpaired) electrons. The molecule has 0 spiro atoms. The maximum Gasteiger partial charge on any atom is 0.130 e. The molecule has 1 atom stereocenters. The average molecular weight is 347 g/mol. The summed E-state index contributed by atoms with van der Waals surface area (Å²) in [4.78, 5) is 0. The minimum absolute atomic E-state index is 0.424. The van der Waals surface area contributed by atoms with E-state index in [-0.39, 0.29) is 0 Å². The fraction of sp³-hybridized carbons (Fsp3) is 0.368. The zero-order chi connectivity index (χ0) is 17.6. The Morgan fingerprint density at radius 2 is 1.38 bits per heavy atom. The summed E-state index contributed by atoms with van der Waals surface area (Å²) in [6.45, 7) is 0. The highest BCUT2D eigenvalue weighted by molar-refractivity contribution is 7.98. The number of ether oxygens (including phenoxy) is 2. The Bertz CT molecular complexity index is 581. The smallest absolute Gasteiger partial charge is 0.130 e. The molecule has 0 amide bonds. The van der Waals surface area contributed by atoms with Gasteiger partial charge in [0, 0.05) is 6.04 Å². The zero-order valence-electron chi connectivity index (χ0n) is 14.4. The first-order valence-corrected chi connectivity index (χ1v) is 9.21. The fourth-order valence-electron chi connectivity index (χ4n) is 2.74. The quantitative estimate of drug-likeness (QED) is 0.768. The number of methoxy groups -OCH3 is 2. The summed E-state index contributed by atoms with van der Waals surface area (Å²) in [5.74, 6) is 2.37. The summed E-state index contributed by atoms with van der Waals surface area (Å²) in [5.41, 5.74) is 6.65. The topological polar surface area (TPSA) is 64.7 Å². The van der Waals surface area contributed by atoms with Crippen LogP contribution >= 0.6 is 11.8 Å². The van der Waals surface area contributed by atoms with Crippen LogP contribution in [0.25, 0.3) is 0 Å². The molecule has 2 aromatic carbocycles. The molecule has 0 unspecified atom stereocenters. The molecule has 3 N–H and O–H groups in total. The SMILES string of the molecule is COc1ccc(C(O)(c2ccc(OC)cc2)[C@@H](N)CCSC)cc1. The molecule has 0 aliphatic heterocycles. The van der Waals surface area contributed by atoms with Gasteiger partial charge in [-0.1, -0.05) is 24.3 Å². The van der Waals surface area contributed by atoms with Gasteiger partial charge in [-0.25, -0.2) is 0 Å². The van der Waals surface area contributed by atoms with E-state index in [0.717, 1.165) is 28.4 Å². The van der Waals surface area contributed by atoms with Crippen LogP contribution in [0.4, 0.5) is 0 Å². The lowest BCUT2D eigenvalue weighted by Gasteiger charge is -2.35. The number of nitrogens with two attached hydrogens (primary N) is 1. The Morgan fingerprint density at radius 3 is 1.71 bits per heavy atom. The van der Waals surface area contributed by atoms with Gasteiger partial charge in [-0.05, 0) is 53.8 Å². The van der Waals surface area contributed by atoms with Gasteiger partial charge in [0.25, 0.3) is 0 Å². The van der Waals surface area contributed by atoms with E-state index in [1.807, 2.05) is 54.8 Å². The first-order valence-electron chi connectivity index (χ1n) is 7.82. The molecule has 0 saturated heterocycles. The van der Waals surface area contributed by atoms with Gasteiger partial charge in [0.2, 0.25) is 0 Å². The van der Waals surface area contributed by atoms with Crippen molar-refractivity contribution in [1.29, 1.82) is 0 Å². The van der Waals surface area contributed by atoms with Crippen molar-refractivity contribution < 1.29 is 14.6 Å². The highest BCUT2D eigenvalue weighted by Crippen LogP contribution is 2.35. The molecule has 2 aromatic rings. The largest absolute Gasteiger partial charge is 0.497 e. The molecule has 0 aliphatic rings. The normalized spacial score (nSPS) is 12.7. The summed E-state index contributed by atoms with van der Waals surface area (Å²) in [6.07, 6.45) is 2.74. The lowest BCUT2D eigenvalue weighted by molar-refractivity contribution is 0.0506. The van der Waals surface area contributed by atoms with Gasteiger partial charge < -0.3 is 20.3 Å². The van der Waals surface area contributed by atoms with Crippen molar-refractivity contribution in [1.82, 2.24) is 0 Å². The third kappa shape index (κ3) is 3.86. The Kier molecular flexibility index (Phi) is 6.54. The van der Waals surface area contributed by atoms with Gasteiger partial charge in [-0.2, -0.15) is 11.8 Å². The van der Waals surface area contributed by atoms with E-state index in [1.165, 1.54) is 0 Å². The number of hydrogen-bond acceptors (Lipinski definition) is 5. The third-order valence-corrected chi connectivity index (χ3v) is 4.87. The molecule has 5 heteroatoms. The molecule has 0 fully saturated rings. The Morgan fingerprint density at radius 1 is 0.958 bits per heavy atom. The fourth-order valence-corrected chi connectivity index (χ4v) is 3.23. The van der Waals surface area contributed by atoms with Gasteiger partial charge in [0.1, 0.15) is 17.1 Å². The zero-order valence-corrected chi connectivity index (χ0v) is 15.2. The van der Waals surface area contributed by atoms with E-state index >= 15 is 0 Å². The van der Waals surface area contributed by atoms with Crippen molar-refractivity contribution in [3.63, 3.8) is 0 Å². The van der Waals surface area contributed by atoms with Crippen LogP contribution in [0.3, 0.4) is 0 Å². The highest BCUT2D eigenvalue weighted by Gasteiger charge is 2.38. The van der Waals surface area contributed by atoms with Gasteiger partial charge in [-0.15, -0.1) is 0 Å². The second kappa shape index (κ2) is 8.42. The lowest BCUT2D eigenvalue weighted by Crippen LogP contribution is -2.46. The molecule has 2 rings (SSSR count). The standard InChI is InChI=1S/C19H25NO3S/c1-22-16-8-4-14(5-9-16)19(21,18(20)12-13-24-3)15-6-10-17(23-2)11-7-15/h4-11,18,21H,12-13,20H2,1-3H3/t18-/m0/s1. The van der Waals surface area contributed by atoms with E-state index < -0.39 is 11.6 Å². The number of benzene rings is 2. The van der Waals surface area contributed by atoms with E-state index in [4.69, 9.17) is 15.2 Å². The molecular formula is C19H25NO3S. The molecule has 130 valence electrons. The van der Waals surface area contributed by atoms with Crippen molar-refractivity contribution in [3.8, 4) is 11.5 Å². The number of thioether (sulfide) groups is 1. The lowest BCUT2D eigenvalue weighted by atomic mass is 9.79. The Balaban J connectivity index is 2.45. The van der Waals surface area contributed by atoms with Gasteiger partial charge >= 0.3 is 0 Å². The van der Waals surface area contributed by atoms with Gasteiger partial charge in [-0.3, -0.25) is 0 Å². The Labute approximate surface area is 148 Å². The molecule has 0 aromatic heterocycles. The van der Waals surface area contributed by atoms with Gasteiger partial charge in [0.05, 0.1) is 14.2 Å². The van der Waals surface area contributed by atoms with E-state index in [0.29, 0.717) is 6.42 Å². The second-order valence-corrected chi connectivity index (χ2v) is 6.60. The Hall–Kier alpha value is -1.69. The molecule has 0 saturated carbocycles. The van der Waals surface area contributed by atoms with Crippen LogP contribution in [-0.4, -0.2) is 37.4 Å². The summed E-state index contributed by atoms with van der Waals surface area (Å²) in [7, 11) is 3.24. The number of rotatable bonds is 8. The summed E-state index contributed by atoms with van der Waals surface area (Å²) >= 11 is 1.72. The molecule has 0 bridgehead atoms. The highest BCUT2D eigenvalue weighted by atomic mass is 32.2. The van der Waals surface area contributed by atoms with Crippen LogP contribution < -0.4 is 15.2 Å². The van der Waals surface area contributed by atoms with Crippen molar-refractivity contribution in [3.05, 3.63) is 59.7 Å². The maximum atomic E-state index is 11.6. The third-order valence-electron chi connectivity index (χ3n) is 4.23. The first kappa shape index (κ1) is 18.6. The summed E-state index contributed by atoms with van der Waals surface area (Å²) < 4.78 is 10.4. The van der Waals surface area contributed by atoms with Crippen LogP contribution in [0.5, 0.6) is 11.5 Å².